The molecule has 3 atom stereocenters. The third-order valence-corrected chi connectivity index (χ3v) is 8.56. The molecule has 4 fully saturated rings. The van der Waals surface area contributed by atoms with Gasteiger partial charge in [0.15, 0.2) is 6.61 Å². The van der Waals surface area contributed by atoms with Crippen LogP contribution in [0, 0.1) is 22.7 Å². The zero-order valence-corrected chi connectivity index (χ0v) is 20.8. The summed E-state index contributed by atoms with van der Waals surface area (Å²) in [5.41, 5.74) is -0.133. The highest BCUT2D eigenvalue weighted by molar-refractivity contribution is 6.35. The fraction of sp³-hybridized carbons (Fsp3) is 0.600. The van der Waals surface area contributed by atoms with Gasteiger partial charge in [0, 0.05) is 23.0 Å². The van der Waals surface area contributed by atoms with E-state index < -0.39 is 12.1 Å². The van der Waals surface area contributed by atoms with Crippen LogP contribution in [0.15, 0.2) is 18.2 Å². The van der Waals surface area contributed by atoms with Crippen molar-refractivity contribution in [3.05, 3.63) is 28.2 Å². The topological polar surface area (TPSA) is 112 Å². The summed E-state index contributed by atoms with van der Waals surface area (Å²) in [5.74, 6) is -0.631. The Morgan fingerprint density at radius 3 is 2.63 bits per heavy atom. The number of likely N-dealkylation sites (tertiary alicyclic amines) is 1. The number of nitriles is 1. The zero-order chi connectivity index (χ0) is 24.8. The third-order valence-electron chi connectivity index (χ3n) is 8.03. The maximum absolute atomic E-state index is 13.3. The Balaban J connectivity index is 1.23. The van der Waals surface area contributed by atoms with Gasteiger partial charge >= 0.3 is 0 Å². The van der Waals surface area contributed by atoms with Gasteiger partial charge in [-0.3, -0.25) is 14.4 Å². The fourth-order valence-corrected chi connectivity index (χ4v) is 6.21. The zero-order valence-electron chi connectivity index (χ0n) is 19.3. The van der Waals surface area contributed by atoms with Gasteiger partial charge in [-0.2, -0.15) is 5.26 Å². The Kier molecular flexibility index (Phi) is 6.35. The van der Waals surface area contributed by atoms with Crippen LogP contribution < -0.4 is 15.4 Å². The van der Waals surface area contributed by atoms with Crippen molar-refractivity contribution in [2.75, 3.05) is 13.2 Å². The first-order chi connectivity index (χ1) is 16.7. The summed E-state index contributed by atoms with van der Waals surface area (Å²) in [4.78, 5) is 40.3. The van der Waals surface area contributed by atoms with Gasteiger partial charge in [-0.05, 0) is 68.6 Å². The van der Waals surface area contributed by atoms with E-state index in [4.69, 9.17) is 27.9 Å². The van der Waals surface area contributed by atoms with Gasteiger partial charge in [-0.25, -0.2) is 0 Å². The number of hydrogen-bond acceptors (Lipinski definition) is 5. The van der Waals surface area contributed by atoms with E-state index >= 15 is 0 Å². The normalized spacial score (nSPS) is 26.1. The molecule has 35 heavy (non-hydrogen) atoms. The van der Waals surface area contributed by atoms with Crippen LogP contribution in [0.4, 0.5) is 0 Å². The molecule has 1 aromatic rings. The molecule has 2 aliphatic carbocycles. The van der Waals surface area contributed by atoms with Crippen LogP contribution in [0.1, 0.15) is 51.4 Å². The van der Waals surface area contributed by atoms with E-state index in [-0.39, 0.29) is 47.6 Å². The summed E-state index contributed by atoms with van der Waals surface area (Å²) < 4.78 is 5.63. The van der Waals surface area contributed by atoms with Gasteiger partial charge in [0.25, 0.3) is 5.91 Å². The van der Waals surface area contributed by atoms with Crippen molar-refractivity contribution in [2.24, 2.45) is 11.3 Å². The Morgan fingerprint density at radius 2 is 2.03 bits per heavy atom. The molecular weight excluding hydrogens is 491 g/mol. The van der Waals surface area contributed by atoms with Gasteiger partial charge in [-0.15, -0.1) is 0 Å². The van der Waals surface area contributed by atoms with Gasteiger partial charge in [-0.1, -0.05) is 29.6 Å². The number of rotatable bonds is 7. The highest BCUT2D eigenvalue weighted by Crippen LogP contribution is 2.50. The highest BCUT2D eigenvalue weighted by atomic mass is 35.5. The predicted molar refractivity (Wildman–Crippen MR) is 129 cm³/mol. The van der Waals surface area contributed by atoms with Crippen molar-refractivity contribution < 1.29 is 19.1 Å². The Labute approximate surface area is 214 Å². The maximum atomic E-state index is 13.3. The van der Waals surface area contributed by atoms with Crippen LogP contribution >= 0.6 is 23.2 Å². The second-order valence-electron chi connectivity index (χ2n) is 10.6. The van der Waals surface area contributed by atoms with E-state index in [9.17, 15) is 19.6 Å². The lowest BCUT2D eigenvalue weighted by Crippen LogP contribution is -2.50. The van der Waals surface area contributed by atoms with Gasteiger partial charge in [0.05, 0.1) is 11.1 Å². The molecule has 5 rings (SSSR count). The van der Waals surface area contributed by atoms with Crippen LogP contribution in [0.3, 0.4) is 0 Å². The number of hydrogen-bond donors (Lipinski definition) is 2. The van der Waals surface area contributed by atoms with Crippen LogP contribution in [0.2, 0.25) is 10.0 Å². The fourth-order valence-electron chi connectivity index (χ4n) is 5.75. The lowest BCUT2D eigenvalue weighted by molar-refractivity contribution is -0.140. The molecule has 2 spiro atoms. The molecule has 186 valence electrons. The molecule has 2 heterocycles. The molecule has 8 nitrogen and oxygen atoms in total. The number of carbonyl (C=O) groups excluding carboxylic acids is 3. The number of carbonyl (C=O) groups is 3. The molecule has 0 aromatic heterocycles. The molecule has 1 aromatic carbocycles. The second kappa shape index (κ2) is 9.18. The number of ether oxygens (including phenoxy) is 1. The third kappa shape index (κ3) is 4.94. The van der Waals surface area contributed by atoms with E-state index in [2.05, 4.69) is 16.7 Å². The molecule has 0 unspecified atom stereocenters. The molecule has 4 aliphatic rings. The second-order valence-corrected chi connectivity index (χ2v) is 11.4. The first kappa shape index (κ1) is 24.2. The van der Waals surface area contributed by atoms with Crippen LogP contribution in [-0.2, 0) is 14.4 Å². The van der Waals surface area contributed by atoms with Crippen LogP contribution in [0.25, 0.3) is 0 Å². The molecule has 10 heteroatoms. The lowest BCUT2D eigenvalue weighted by Gasteiger charge is -2.37. The van der Waals surface area contributed by atoms with Gasteiger partial charge in [0.2, 0.25) is 11.8 Å². The molecule has 2 aliphatic heterocycles. The van der Waals surface area contributed by atoms with Gasteiger partial charge < -0.3 is 20.3 Å². The van der Waals surface area contributed by atoms with E-state index in [0.29, 0.717) is 35.2 Å². The minimum absolute atomic E-state index is 0.0406. The first-order valence-electron chi connectivity index (χ1n) is 12.1. The van der Waals surface area contributed by atoms with Crippen molar-refractivity contribution in [2.45, 2.75) is 69.0 Å². The Morgan fingerprint density at radius 1 is 1.26 bits per heavy atom. The first-order valence-corrected chi connectivity index (χ1v) is 12.9. The minimum Gasteiger partial charge on any atom is -0.482 e. The average Bonchev–Trinajstić information content (AvgIpc) is 3.28. The van der Waals surface area contributed by atoms with E-state index in [1.165, 1.54) is 6.07 Å². The number of nitrogens with zero attached hydrogens (tertiary/aromatic N) is 2. The minimum atomic E-state index is -0.786. The van der Waals surface area contributed by atoms with Crippen molar-refractivity contribution in [1.29, 1.82) is 5.26 Å². The van der Waals surface area contributed by atoms with Crippen molar-refractivity contribution in [1.82, 2.24) is 15.5 Å². The van der Waals surface area contributed by atoms with Gasteiger partial charge in [0.1, 0.15) is 17.8 Å². The monoisotopic (exact) mass is 518 g/mol. The quantitative estimate of drug-likeness (QED) is 0.575. The van der Waals surface area contributed by atoms with Crippen molar-refractivity contribution >= 4 is 40.9 Å². The summed E-state index contributed by atoms with van der Waals surface area (Å²) in [6, 6.07) is 5.44. The lowest BCUT2D eigenvalue weighted by atomic mass is 9.67. The number of nitrogens with one attached hydrogen (secondary N) is 2. The number of benzene rings is 1. The van der Waals surface area contributed by atoms with E-state index in [0.717, 1.165) is 32.1 Å². The summed E-state index contributed by atoms with van der Waals surface area (Å²) >= 11 is 12.1. The van der Waals surface area contributed by atoms with E-state index in [1.54, 1.807) is 17.0 Å². The highest BCUT2D eigenvalue weighted by Gasteiger charge is 2.53. The molecule has 3 amide bonds. The maximum Gasteiger partial charge on any atom is 0.261 e. The standard InChI is InChI=1S/C25H28Cl2N4O4/c26-16-2-3-20(18(27)9-16)35-13-21(32)31-14-24(4-1-5-24)11-19(31)23(34)29-17(12-28)8-15-10-25(6-7-25)30-22(15)33/h2-3,9,15,17,19H,1,4-8,10-11,13-14H2,(H,29,34)(H,30,33)/t15-,17+,19+/m1/s1. The SMILES string of the molecule is N#C[C@H](C[C@@H]1CC2(CC2)NC1=O)NC(=O)[C@@H]1CC2(CCC2)CN1C(=O)COc1ccc(Cl)cc1Cl. The summed E-state index contributed by atoms with van der Waals surface area (Å²) in [7, 11) is 0. The summed E-state index contributed by atoms with van der Waals surface area (Å²) in [5, 5.41) is 16.3. The molecular formula is C25H28Cl2N4O4. The number of halogens is 2. The molecule has 2 saturated carbocycles. The van der Waals surface area contributed by atoms with Crippen molar-refractivity contribution in [3.63, 3.8) is 0 Å². The van der Waals surface area contributed by atoms with Crippen LogP contribution in [0.5, 0.6) is 5.75 Å². The smallest absolute Gasteiger partial charge is 0.261 e. The molecule has 2 N–H and O–H groups in total. The van der Waals surface area contributed by atoms with Crippen LogP contribution in [-0.4, -0.2) is 53.4 Å². The average molecular weight is 519 g/mol. The van der Waals surface area contributed by atoms with E-state index in [1.807, 2.05) is 0 Å². The summed E-state index contributed by atoms with van der Waals surface area (Å²) in [6.45, 7) is 0.236. The Bertz CT molecular complexity index is 1100. The molecule has 0 radical (unpaired) electrons. The number of amides is 3. The summed E-state index contributed by atoms with van der Waals surface area (Å²) in [6.07, 6.45) is 6.52. The molecule has 2 saturated heterocycles. The predicted octanol–water partition coefficient (Wildman–Crippen LogP) is 3.21. The van der Waals surface area contributed by atoms with Crippen molar-refractivity contribution in [3.8, 4) is 11.8 Å². The Hall–Kier alpha value is -2.50. The largest absolute Gasteiger partial charge is 0.482 e. The molecule has 0 bridgehead atoms.